The molecular formula is C27H44N6O4W. The van der Waals surface area contributed by atoms with Crippen LogP contribution in [0.1, 0.15) is 81.2 Å². The smallest absolute Gasteiger partial charge is 0.273 e. The minimum absolute atomic E-state index is 0. The van der Waals surface area contributed by atoms with E-state index >= 15 is 0 Å². The molecule has 1 atom stereocenters. The number of aliphatic hydroxyl groups is 1. The third-order valence-electron chi connectivity index (χ3n) is 5.13. The summed E-state index contributed by atoms with van der Waals surface area (Å²) in [7, 11) is 5.08. The minimum atomic E-state index is -0.307. The Morgan fingerprint density at radius 1 is 1.24 bits per heavy atom. The number of allylic oxidation sites excluding steroid dienone is 2. The number of nitrogens with zero attached hydrogens (tertiary/aromatic N) is 4. The van der Waals surface area contributed by atoms with Crippen molar-refractivity contribution in [2.24, 2.45) is 7.05 Å². The minimum Gasteiger partial charge on any atom is -0.473 e. The molecule has 2 aromatic heterocycles. The molecule has 0 saturated carbocycles. The predicted molar refractivity (Wildman–Crippen MR) is 145 cm³/mol. The maximum absolute atomic E-state index is 12.6. The van der Waals surface area contributed by atoms with Gasteiger partial charge in [0.1, 0.15) is 11.8 Å². The number of aliphatic hydroxyl groups excluding tert-OH is 1. The molecule has 38 heavy (non-hydrogen) atoms. The molecule has 2 heterocycles. The van der Waals surface area contributed by atoms with E-state index in [4.69, 9.17) is 9.47 Å². The van der Waals surface area contributed by atoms with Gasteiger partial charge in [-0.1, -0.05) is 40.7 Å². The van der Waals surface area contributed by atoms with Crippen LogP contribution in [0.2, 0.25) is 0 Å². The van der Waals surface area contributed by atoms with E-state index in [1.165, 1.54) is 11.1 Å². The van der Waals surface area contributed by atoms with Gasteiger partial charge in [-0.2, -0.15) is 10.2 Å². The van der Waals surface area contributed by atoms with Gasteiger partial charge in [-0.05, 0) is 37.0 Å². The largest absolute Gasteiger partial charge is 0.473 e. The Kier molecular flexibility index (Phi) is 18.2. The monoisotopic (exact) mass is 700 g/mol. The summed E-state index contributed by atoms with van der Waals surface area (Å²) in [5.74, 6) is 0.412. The van der Waals surface area contributed by atoms with Crippen LogP contribution in [0.4, 0.5) is 0 Å². The van der Waals surface area contributed by atoms with Crippen molar-refractivity contribution in [2.45, 2.75) is 72.0 Å². The molecule has 1 unspecified atom stereocenters. The normalized spacial score (nSPS) is 11.7. The number of aryl methyl sites for hydroxylation is 1. The standard InChI is InChI=1S/C24H36N6O4.C3H8.W/c1-16(2)21-9-10-23(28-27-21)34-20(11-12-31)8-7-18(25-4)13-17(3)26-24(32)22-14-19(15-33-6)29-30(22)5;1-3-2;/h9-10,13-14,16,20,25,31H,3,7-8,11-12,15H2,1-2,4-6H3,(H,26,32);3H2,1-2H3;/b18-13-;;. The fourth-order valence-corrected chi connectivity index (χ4v) is 3.28. The van der Waals surface area contributed by atoms with Crippen molar-refractivity contribution in [1.29, 1.82) is 0 Å². The topological polar surface area (TPSA) is 123 Å². The molecule has 0 aliphatic rings. The first-order valence-corrected chi connectivity index (χ1v) is 12.7. The number of carbonyl (C=O) groups excluding carboxylic acids is 1. The summed E-state index contributed by atoms with van der Waals surface area (Å²) in [6.07, 6.45) is 4.50. The molecule has 10 nitrogen and oxygen atoms in total. The number of ether oxygens (including phenoxy) is 2. The maximum atomic E-state index is 12.6. The van der Waals surface area contributed by atoms with Crippen LogP contribution in [0.25, 0.3) is 0 Å². The summed E-state index contributed by atoms with van der Waals surface area (Å²) >= 11 is 0. The second-order valence-electron chi connectivity index (χ2n) is 8.93. The van der Waals surface area contributed by atoms with Gasteiger partial charge in [0, 0.05) is 72.8 Å². The van der Waals surface area contributed by atoms with E-state index in [0.29, 0.717) is 48.8 Å². The van der Waals surface area contributed by atoms with E-state index in [0.717, 1.165) is 11.4 Å². The molecule has 0 radical (unpaired) electrons. The molecule has 0 saturated heterocycles. The van der Waals surface area contributed by atoms with Gasteiger partial charge in [-0.25, -0.2) is 0 Å². The summed E-state index contributed by atoms with van der Waals surface area (Å²) in [6, 6.07) is 5.38. The van der Waals surface area contributed by atoms with Gasteiger partial charge < -0.3 is 25.2 Å². The van der Waals surface area contributed by atoms with Crippen molar-refractivity contribution in [3.05, 3.63) is 59.3 Å². The molecule has 212 valence electrons. The summed E-state index contributed by atoms with van der Waals surface area (Å²) < 4.78 is 12.5. The molecule has 0 aliphatic heterocycles. The van der Waals surface area contributed by atoms with Crippen LogP contribution in [-0.2, 0) is 39.5 Å². The molecular weight excluding hydrogens is 656 g/mol. The SMILES string of the molecule is C=C(/C=C(/CCC(CCO)Oc1ccc(C(C)C)nn1)NC)NC(=O)c1cc(COC)nn1C.CCC.[W]. The van der Waals surface area contributed by atoms with Crippen molar-refractivity contribution >= 4 is 5.91 Å². The van der Waals surface area contributed by atoms with Gasteiger partial charge in [0.2, 0.25) is 5.88 Å². The maximum Gasteiger partial charge on any atom is 0.273 e. The number of hydrogen-bond acceptors (Lipinski definition) is 8. The zero-order valence-corrected chi connectivity index (χ0v) is 26.7. The number of rotatable bonds is 14. The average Bonchev–Trinajstić information content (AvgIpc) is 3.22. The Bertz CT molecular complexity index is 992. The average molecular weight is 701 g/mol. The Morgan fingerprint density at radius 2 is 1.92 bits per heavy atom. The van der Waals surface area contributed by atoms with Crippen LogP contribution in [0.15, 0.2) is 42.2 Å². The number of carbonyl (C=O) groups is 1. The number of amides is 1. The molecule has 0 aliphatic carbocycles. The van der Waals surface area contributed by atoms with Gasteiger partial charge in [0.15, 0.2) is 0 Å². The first-order valence-electron chi connectivity index (χ1n) is 12.7. The van der Waals surface area contributed by atoms with Crippen LogP contribution in [0.5, 0.6) is 5.88 Å². The van der Waals surface area contributed by atoms with Gasteiger partial charge in [-0.3, -0.25) is 9.48 Å². The number of aromatic nitrogens is 4. The van der Waals surface area contributed by atoms with Crippen LogP contribution in [-0.4, -0.2) is 57.9 Å². The van der Waals surface area contributed by atoms with Crippen LogP contribution in [0.3, 0.4) is 0 Å². The van der Waals surface area contributed by atoms with E-state index in [1.807, 2.05) is 6.07 Å². The molecule has 1 amide bonds. The van der Waals surface area contributed by atoms with Crippen molar-refractivity contribution in [3.63, 3.8) is 0 Å². The van der Waals surface area contributed by atoms with Crippen LogP contribution >= 0.6 is 0 Å². The second-order valence-corrected chi connectivity index (χ2v) is 8.93. The number of hydrogen-bond donors (Lipinski definition) is 3. The number of nitrogens with one attached hydrogen (secondary N) is 2. The summed E-state index contributed by atoms with van der Waals surface area (Å²) in [5.41, 5.74) is 3.29. The summed E-state index contributed by atoms with van der Waals surface area (Å²) in [5, 5.41) is 27.9. The molecule has 0 spiro atoms. The Labute approximate surface area is 241 Å². The molecule has 0 bridgehead atoms. The van der Waals surface area contributed by atoms with Crippen molar-refractivity contribution in [3.8, 4) is 5.88 Å². The molecule has 11 heteroatoms. The van der Waals surface area contributed by atoms with E-state index in [9.17, 15) is 9.90 Å². The fraction of sp³-hybridized carbons (Fsp3) is 0.556. The first-order chi connectivity index (χ1) is 17.7. The zero-order chi connectivity index (χ0) is 27.8. The van der Waals surface area contributed by atoms with Crippen LogP contribution < -0.4 is 15.4 Å². The zero-order valence-electron chi connectivity index (χ0n) is 23.8. The van der Waals surface area contributed by atoms with Crippen molar-refractivity contribution in [2.75, 3.05) is 20.8 Å². The van der Waals surface area contributed by atoms with Crippen LogP contribution in [0, 0.1) is 0 Å². The molecule has 2 rings (SSSR count). The fourth-order valence-electron chi connectivity index (χ4n) is 3.28. The Balaban J connectivity index is 0.00000326. The Hall–Kier alpha value is -2.55. The predicted octanol–water partition coefficient (Wildman–Crippen LogP) is 3.85. The quantitative estimate of drug-likeness (QED) is 0.254. The van der Waals surface area contributed by atoms with Crippen molar-refractivity contribution < 1.29 is 40.4 Å². The third-order valence-corrected chi connectivity index (χ3v) is 5.13. The van der Waals surface area contributed by atoms with Gasteiger partial charge in [-0.15, -0.1) is 5.10 Å². The summed E-state index contributed by atoms with van der Waals surface area (Å²) in [6.45, 7) is 12.6. The Morgan fingerprint density at radius 3 is 2.45 bits per heavy atom. The van der Waals surface area contributed by atoms with E-state index in [1.54, 1.807) is 39.4 Å². The van der Waals surface area contributed by atoms with Crippen molar-refractivity contribution in [1.82, 2.24) is 30.6 Å². The molecule has 2 aromatic rings. The third kappa shape index (κ3) is 12.8. The molecule has 3 N–H and O–H groups in total. The van der Waals surface area contributed by atoms with Gasteiger partial charge >= 0.3 is 0 Å². The van der Waals surface area contributed by atoms with E-state index in [-0.39, 0.29) is 45.6 Å². The van der Waals surface area contributed by atoms with Gasteiger partial charge in [0.25, 0.3) is 5.91 Å². The first kappa shape index (κ1) is 35.4. The van der Waals surface area contributed by atoms with Gasteiger partial charge in [0.05, 0.1) is 18.0 Å². The van der Waals surface area contributed by atoms with E-state index < -0.39 is 0 Å². The summed E-state index contributed by atoms with van der Waals surface area (Å²) in [4.78, 5) is 12.6. The second kappa shape index (κ2) is 19.5. The molecule has 0 aromatic carbocycles. The molecule has 0 fully saturated rings. The number of methoxy groups -OCH3 is 1. The van der Waals surface area contributed by atoms with E-state index in [2.05, 4.69) is 60.2 Å².